The van der Waals surface area contributed by atoms with Crippen molar-refractivity contribution in [3.63, 3.8) is 0 Å². The van der Waals surface area contributed by atoms with Gasteiger partial charge >= 0.3 is 0 Å². The minimum atomic E-state index is -0.719. The van der Waals surface area contributed by atoms with Gasteiger partial charge in [-0.1, -0.05) is 11.6 Å². The predicted octanol–water partition coefficient (Wildman–Crippen LogP) is 2.71. The van der Waals surface area contributed by atoms with E-state index in [1.165, 1.54) is 47.1 Å². The maximum Gasteiger partial charge on any atom is 0.251 e. The lowest BCUT2D eigenvalue weighted by Gasteiger charge is -2.15. The molecule has 0 fully saturated rings. The number of benzene rings is 1. The van der Waals surface area contributed by atoms with Crippen LogP contribution < -0.4 is 16.0 Å². The second-order valence-electron chi connectivity index (χ2n) is 7.46. The molecule has 0 saturated carbocycles. The molecule has 35 heavy (non-hydrogen) atoms. The van der Waals surface area contributed by atoms with Crippen LogP contribution in [-0.4, -0.2) is 46.8 Å². The average molecular weight is 494 g/mol. The number of imidazole rings is 1. The number of anilines is 1. The quantitative estimate of drug-likeness (QED) is 0.344. The lowest BCUT2D eigenvalue weighted by molar-refractivity contribution is 0.410. The zero-order valence-electron chi connectivity index (χ0n) is 18.2. The predicted molar refractivity (Wildman–Crippen MR) is 126 cm³/mol. The summed E-state index contributed by atoms with van der Waals surface area (Å²) in [4.78, 5) is 23.9. The first kappa shape index (κ1) is 22.2. The third-order valence-electron chi connectivity index (χ3n) is 5.26. The van der Waals surface area contributed by atoms with Gasteiger partial charge in [0.05, 0.1) is 43.0 Å². The Bertz CT molecular complexity index is 1580. The van der Waals surface area contributed by atoms with E-state index in [2.05, 4.69) is 30.5 Å². The van der Waals surface area contributed by atoms with Crippen molar-refractivity contribution in [1.29, 1.82) is 0 Å². The highest BCUT2D eigenvalue weighted by atomic mass is 35.5. The Morgan fingerprint density at radius 2 is 2.03 bits per heavy atom. The lowest BCUT2D eigenvalue weighted by atomic mass is 10.0. The van der Waals surface area contributed by atoms with E-state index in [9.17, 15) is 9.18 Å². The molecule has 5 aromatic rings. The van der Waals surface area contributed by atoms with Crippen LogP contribution in [0.25, 0.3) is 28.1 Å². The Hall–Kier alpha value is -4.58. The average Bonchev–Trinajstić information content (AvgIpc) is 3.53. The minimum Gasteiger partial charge on any atom is -0.495 e. The van der Waals surface area contributed by atoms with Crippen LogP contribution in [0.3, 0.4) is 0 Å². The molecule has 3 N–H and O–H groups in total. The van der Waals surface area contributed by atoms with E-state index in [1.54, 1.807) is 24.4 Å². The highest BCUT2D eigenvalue weighted by Crippen LogP contribution is 2.34. The summed E-state index contributed by atoms with van der Waals surface area (Å²) in [5.74, 6) is 0.211. The molecule has 0 saturated heterocycles. The first-order chi connectivity index (χ1) is 16.9. The molecule has 0 bridgehead atoms. The number of nitrogens with two attached hydrogens (primary N) is 1. The fraction of sp³-hybridized carbons (Fsp3) is 0.0909. The topological polar surface area (TPSA) is 142 Å². The maximum atomic E-state index is 14.2. The molecule has 4 heterocycles. The molecule has 13 heteroatoms. The number of nitrogens with zero attached hydrogens (tertiary/aromatic N) is 7. The van der Waals surface area contributed by atoms with Gasteiger partial charge < -0.3 is 20.0 Å². The number of aromatic nitrogens is 8. The number of halogens is 2. The van der Waals surface area contributed by atoms with Gasteiger partial charge in [-0.2, -0.15) is 9.07 Å². The van der Waals surface area contributed by atoms with E-state index >= 15 is 0 Å². The van der Waals surface area contributed by atoms with Crippen molar-refractivity contribution >= 4 is 17.4 Å². The number of hydrogen-bond donors (Lipinski definition) is 2. The zero-order valence-corrected chi connectivity index (χ0v) is 18.9. The zero-order chi connectivity index (χ0) is 24.5. The first-order valence-electron chi connectivity index (χ1n) is 10.2. The number of pyridine rings is 2. The second-order valence-corrected chi connectivity index (χ2v) is 7.89. The fourth-order valence-corrected chi connectivity index (χ4v) is 3.81. The molecule has 0 unspecified atom stereocenters. The van der Waals surface area contributed by atoms with Crippen LogP contribution in [0.15, 0.2) is 59.9 Å². The maximum absolute atomic E-state index is 14.2. The van der Waals surface area contributed by atoms with Crippen LogP contribution in [0.5, 0.6) is 5.75 Å². The summed E-state index contributed by atoms with van der Waals surface area (Å²) in [6, 6.07) is 9.58. The van der Waals surface area contributed by atoms with Crippen molar-refractivity contribution in [3.8, 4) is 33.8 Å². The largest absolute Gasteiger partial charge is 0.495 e. The van der Waals surface area contributed by atoms with E-state index in [1.807, 2.05) is 0 Å². The van der Waals surface area contributed by atoms with Crippen LogP contribution in [0.4, 0.5) is 10.2 Å². The smallest absolute Gasteiger partial charge is 0.251 e. The number of aromatic amines is 1. The number of hydrogen-bond acceptors (Lipinski definition) is 8. The number of nitrogens with one attached hydrogen (secondary N) is 1. The highest BCUT2D eigenvalue weighted by Gasteiger charge is 2.17. The molecular weight excluding hydrogens is 477 g/mol. The van der Waals surface area contributed by atoms with Crippen molar-refractivity contribution in [2.45, 2.75) is 6.54 Å². The van der Waals surface area contributed by atoms with Gasteiger partial charge in [0, 0.05) is 22.2 Å². The summed E-state index contributed by atoms with van der Waals surface area (Å²) in [5.41, 5.74) is 7.55. The van der Waals surface area contributed by atoms with E-state index in [0.29, 0.717) is 39.1 Å². The molecule has 0 spiro atoms. The Balaban J connectivity index is 1.51. The Morgan fingerprint density at radius 3 is 2.77 bits per heavy atom. The number of tetrazole rings is 1. The van der Waals surface area contributed by atoms with E-state index in [-0.39, 0.29) is 23.5 Å². The van der Waals surface area contributed by atoms with Gasteiger partial charge in [-0.15, -0.1) is 5.10 Å². The van der Waals surface area contributed by atoms with Crippen molar-refractivity contribution in [2.24, 2.45) is 0 Å². The molecule has 4 aromatic heterocycles. The number of rotatable bonds is 6. The van der Waals surface area contributed by atoms with Crippen LogP contribution >= 0.6 is 11.6 Å². The summed E-state index contributed by atoms with van der Waals surface area (Å²) in [6.45, 7) is 0.0922. The van der Waals surface area contributed by atoms with E-state index in [0.717, 1.165) is 0 Å². The monoisotopic (exact) mass is 493 g/mol. The van der Waals surface area contributed by atoms with Gasteiger partial charge in [0.15, 0.2) is 0 Å². The van der Waals surface area contributed by atoms with Crippen molar-refractivity contribution < 1.29 is 9.13 Å². The second kappa shape index (κ2) is 8.99. The first-order valence-corrected chi connectivity index (χ1v) is 10.6. The lowest BCUT2D eigenvalue weighted by Crippen LogP contribution is -2.20. The number of ether oxygens (including phenoxy) is 1. The standard InChI is InChI=1S/C22H17ClFN9O2/c1-35-18-9-32(10-20-26-8-16(28-20)13-3-5-19(25)29-22(13)24)21(34)7-15(18)14-6-12(23)2-4-17(14)33-11-27-30-31-33/h2-9,11H,10H2,1H3,(H2,25,29)(H,26,28). The normalized spacial score (nSPS) is 11.1. The summed E-state index contributed by atoms with van der Waals surface area (Å²) in [5, 5.41) is 11.7. The van der Waals surface area contributed by atoms with Crippen molar-refractivity contribution in [1.82, 2.24) is 39.7 Å². The molecular formula is C22H17ClFN9O2. The number of H-pyrrole nitrogens is 1. The van der Waals surface area contributed by atoms with Gasteiger partial charge in [0.2, 0.25) is 5.95 Å². The van der Waals surface area contributed by atoms with Gasteiger partial charge in [0.1, 0.15) is 23.7 Å². The Labute approximate surface area is 202 Å². The molecule has 0 radical (unpaired) electrons. The summed E-state index contributed by atoms with van der Waals surface area (Å²) in [7, 11) is 1.50. The number of methoxy groups -OCH3 is 1. The van der Waals surface area contributed by atoms with Crippen molar-refractivity contribution in [3.05, 3.63) is 82.3 Å². The third-order valence-corrected chi connectivity index (χ3v) is 5.50. The van der Waals surface area contributed by atoms with E-state index in [4.69, 9.17) is 22.1 Å². The Kier molecular flexibility index (Phi) is 5.71. The molecule has 0 aliphatic rings. The molecule has 11 nitrogen and oxygen atoms in total. The molecule has 0 aliphatic heterocycles. The fourth-order valence-electron chi connectivity index (χ4n) is 3.63. The molecule has 1 aromatic carbocycles. The van der Waals surface area contributed by atoms with E-state index < -0.39 is 5.95 Å². The highest BCUT2D eigenvalue weighted by molar-refractivity contribution is 6.31. The van der Waals surface area contributed by atoms with Crippen LogP contribution in [0.1, 0.15) is 5.82 Å². The SMILES string of the molecule is COc1cn(Cc2ncc(-c3ccc(N)nc3F)[nH]2)c(=O)cc1-c1cc(Cl)ccc1-n1cnnn1. The van der Waals surface area contributed by atoms with Gasteiger partial charge in [-0.25, -0.2) is 9.97 Å². The molecule has 176 valence electrons. The van der Waals surface area contributed by atoms with Crippen LogP contribution in [0.2, 0.25) is 5.02 Å². The van der Waals surface area contributed by atoms with Gasteiger partial charge in [0.25, 0.3) is 5.56 Å². The summed E-state index contributed by atoms with van der Waals surface area (Å²) < 4.78 is 22.6. The minimum absolute atomic E-state index is 0.0765. The summed E-state index contributed by atoms with van der Waals surface area (Å²) in [6.07, 6.45) is 4.47. The molecule has 5 rings (SSSR count). The van der Waals surface area contributed by atoms with Crippen LogP contribution in [-0.2, 0) is 6.54 Å². The van der Waals surface area contributed by atoms with Gasteiger partial charge in [-0.3, -0.25) is 4.79 Å². The van der Waals surface area contributed by atoms with Crippen LogP contribution in [0, 0.1) is 5.95 Å². The molecule has 0 atom stereocenters. The molecule has 0 amide bonds. The third kappa shape index (κ3) is 4.34. The van der Waals surface area contributed by atoms with Crippen molar-refractivity contribution in [2.75, 3.05) is 12.8 Å². The number of nitrogen functional groups attached to an aromatic ring is 1. The molecule has 0 aliphatic carbocycles. The Morgan fingerprint density at radius 1 is 1.17 bits per heavy atom. The summed E-state index contributed by atoms with van der Waals surface area (Å²) >= 11 is 6.24. The van der Waals surface area contributed by atoms with Gasteiger partial charge in [-0.05, 0) is 40.8 Å².